The van der Waals surface area contributed by atoms with Crippen molar-refractivity contribution in [2.45, 2.75) is 66.0 Å². The highest BCUT2D eigenvalue weighted by atomic mass is 32.2. The Bertz CT molecular complexity index is 1130. The summed E-state index contributed by atoms with van der Waals surface area (Å²) in [5, 5.41) is 2.96. The van der Waals surface area contributed by atoms with Crippen molar-refractivity contribution in [1.82, 2.24) is 10.2 Å². The van der Waals surface area contributed by atoms with Crippen molar-refractivity contribution in [3.63, 3.8) is 0 Å². The van der Waals surface area contributed by atoms with Crippen LogP contribution in [-0.2, 0) is 32.6 Å². The molecule has 0 aliphatic rings. The normalized spacial score (nSPS) is 12.2. The van der Waals surface area contributed by atoms with Gasteiger partial charge in [-0.25, -0.2) is 8.42 Å². The molecule has 0 unspecified atom stereocenters. The Hall–Kier alpha value is -3.07. The van der Waals surface area contributed by atoms with Crippen molar-refractivity contribution in [2.24, 2.45) is 5.92 Å². The molecule has 8 nitrogen and oxygen atoms in total. The third-order valence-corrected chi connectivity index (χ3v) is 7.56. The van der Waals surface area contributed by atoms with E-state index >= 15 is 0 Å². The molecule has 0 aliphatic carbocycles. The highest BCUT2D eigenvalue weighted by Gasteiger charge is 2.29. The number of amides is 2. The van der Waals surface area contributed by atoms with Gasteiger partial charge < -0.3 is 15.0 Å². The molecule has 0 spiro atoms. The van der Waals surface area contributed by atoms with E-state index in [1.165, 1.54) is 10.6 Å². The fourth-order valence-corrected chi connectivity index (χ4v) is 5.14. The number of ether oxygens (including phenoxy) is 1. The van der Waals surface area contributed by atoms with Gasteiger partial charge in [0.15, 0.2) is 0 Å². The lowest BCUT2D eigenvalue weighted by molar-refractivity contribution is -0.141. The molecule has 1 atom stereocenters. The van der Waals surface area contributed by atoms with E-state index in [0.29, 0.717) is 30.8 Å². The second-order valence-electron chi connectivity index (χ2n) is 9.89. The number of hydrogen-bond acceptors (Lipinski definition) is 5. The highest BCUT2D eigenvalue weighted by Crippen LogP contribution is 2.21. The quantitative estimate of drug-likeness (QED) is 0.358. The van der Waals surface area contributed by atoms with Crippen LogP contribution in [0.3, 0.4) is 0 Å². The SMILES string of the molecule is CCc1ccc(N(CCCC(=O)N(Cc2ccc(OC)cc2)[C@@H](CC)C(=O)NCC(C)C)S(C)(=O)=O)cc1. The van der Waals surface area contributed by atoms with Gasteiger partial charge in [-0.05, 0) is 60.6 Å². The van der Waals surface area contributed by atoms with Gasteiger partial charge in [0.1, 0.15) is 11.8 Å². The molecule has 210 valence electrons. The number of methoxy groups -OCH3 is 1. The first-order chi connectivity index (χ1) is 18.0. The van der Waals surface area contributed by atoms with Crippen LogP contribution in [-0.4, -0.2) is 57.6 Å². The molecule has 0 fully saturated rings. The number of sulfonamides is 1. The van der Waals surface area contributed by atoms with Crippen LogP contribution in [0, 0.1) is 5.92 Å². The molecule has 0 aliphatic heterocycles. The predicted octanol–water partition coefficient (Wildman–Crippen LogP) is 4.38. The van der Waals surface area contributed by atoms with E-state index in [1.807, 2.05) is 64.1 Å². The Kier molecular flexibility index (Phi) is 12.1. The summed E-state index contributed by atoms with van der Waals surface area (Å²) >= 11 is 0. The average molecular weight is 546 g/mol. The number of nitrogens with one attached hydrogen (secondary N) is 1. The molecule has 0 aromatic heterocycles. The molecular formula is C29H43N3O5S. The molecule has 2 aromatic carbocycles. The minimum Gasteiger partial charge on any atom is -0.497 e. The van der Waals surface area contributed by atoms with Gasteiger partial charge in [0.2, 0.25) is 21.8 Å². The summed E-state index contributed by atoms with van der Waals surface area (Å²) in [6.07, 6.45) is 2.94. The first-order valence-electron chi connectivity index (χ1n) is 13.3. The van der Waals surface area contributed by atoms with Gasteiger partial charge in [-0.1, -0.05) is 52.0 Å². The highest BCUT2D eigenvalue weighted by molar-refractivity contribution is 7.92. The topological polar surface area (TPSA) is 96.0 Å². The number of anilines is 1. The predicted molar refractivity (Wildman–Crippen MR) is 153 cm³/mol. The monoisotopic (exact) mass is 545 g/mol. The van der Waals surface area contributed by atoms with E-state index in [9.17, 15) is 18.0 Å². The summed E-state index contributed by atoms with van der Waals surface area (Å²) < 4.78 is 31.6. The van der Waals surface area contributed by atoms with Crippen LogP contribution in [0.2, 0.25) is 0 Å². The fraction of sp³-hybridized carbons (Fsp3) is 0.517. The number of carbonyl (C=O) groups excluding carboxylic acids is 2. The summed E-state index contributed by atoms with van der Waals surface area (Å²) in [5.41, 5.74) is 2.57. The summed E-state index contributed by atoms with van der Waals surface area (Å²) in [5.74, 6) is 0.621. The smallest absolute Gasteiger partial charge is 0.242 e. The van der Waals surface area contributed by atoms with Crippen molar-refractivity contribution >= 4 is 27.5 Å². The minimum atomic E-state index is -3.53. The lowest BCUT2D eigenvalue weighted by Gasteiger charge is -2.31. The first kappa shape index (κ1) is 31.1. The average Bonchev–Trinajstić information content (AvgIpc) is 2.89. The molecule has 0 saturated heterocycles. The standard InChI is InChI=1S/C29H43N3O5S/c1-7-23-11-15-25(16-12-23)32(38(6,35)36)19-9-10-28(33)31(21-24-13-17-26(37-5)18-14-24)27(8-2)29(34)30-20-22(3)4/h11-18,22,27H,7-10,19-21H2,1-6H3,(H,30,34)/t27-/m0/s1. The van der Waals surface area contributed by atoms with Gasteiger partial charge in [-0.2, -0.15) is 0 Å². The van der Waals surface area contributed by atoms with Gasteiger partial charge in [0, 0.05) is 26.1 Å². The van der Waals surface area contributed by atoms with Crippen LogP contribution < -0.4 is 14.4 Å². The Morgan fingerprint density at radius 1 is 0.974 bits per heavy atom. The third-order valence-electron chi connectivity index (χ3n) is 6.37. The van der Waals surface area contributed by atoms with E-state index < -0.39 is 16.1 Å². The Labute approximate surface area is 228 Å². The number of carbonyl (C=O) groups is 2. The van der Waals surface area contributed by atoms with Gasteiger partial charge in [0.05, 0.1) is 19.1 Å². The first-order valence-corrected chi connectivity index (χ1v) is 15.1. The molecule has 0 bridgehead atoms. The van der Waals surface area contributed by atoms with Crippen LogP contribution in [0.4, 0.5) is 5.69 Å². The van der Waals surface area contributed by atoms with Gasteiger partial charge in [0.25, 0.3) is 0 Å². The van der Waals surface area contributed by atoms with Gasteiger partial charge >= 0.3 is 0 Å². The van der Waals surface area contributed by atoms with Crippen molar-refractivity contribution in [3.05, 3.63) is 59.7 Å². The Morgan fingerprint density at radius 2 is 1.58 bits per heavy atom. The maximum Gasteiger partial charge on any atom is 0.242 e. The van der Waals surface area contributed by atoms with Gasteiger partial charge in [-0.15, -0.1) is 0 Å². The fourth-order valence-electron chi connectivity index (χ4n) is 4.17. The van der Waals surface area contributed by atoms with E-state index in [1.54, 1.807) is 24.1 Å². The van der Waals surface area contributed by atoms with E-state index in [2.05, 4.69) is 5.32 Å². The summed E-state index contributed by atoms with van der Waals surface area (Å²) in [6, 6.07) is 14.2. The maximum absolute atomic E-state index is 13.5. The second-order valence-corrected chi connectivity index (χ2v) is 11.8. The largest absolute Gasteiger partial charge is 0.497 e. The number of rotatable bonds is 15. The number of benzene rings is 2. The Morgan fingerprint density at radius 3 is 2.08 bits per heavy atom. The molecule has 38 heavy (non-hydrogen) atoms. The molecule has 2 rings (SSSR count). The third kappa shape index (κ3) is 9.35. The van der Waals surface area contributed by atoms with Crippen molar-refractivity contribution in [3.8, 4) is 5.75 Å². The molecule has 0 radical (unpaired) electrons. The summed E-state index contributed by atoms with van der Waals surface area (Å²) in [6.45, 7) is 8.93. The molecule has 2 amide bonds. The zero-order valence-electron chi connectivity index (χ0n) is 23.6. The molecule has 1 N–H and O–H groups in total. The number of hydrogen-bond donors (Lipinski definition) is 1. The van der Waals surface area contributed by atoms with Crippen LogP contribution in [0.15, 0.2) is 48.5 Å². The molecule has 2 aromatic rings. The second kappa shape index (κ2) is 14.8. The summed E-state index contributed by atoms with van der Waals surface area (Å²) in [4.78, 5) is 28.2. The molecule has 0 heterocycles. The van der Waals surface area contributed by atoms with Gasteiger partial charge in [-0.3, -0.25) is 13.9 Å². The number of nitrogens with zero attached hydrogens (tertiary/aromatic N) is 2. The maximum atomic E-state index is 13.5. The zero-order valence-corrected chi connectivity index (χ0v) is 24.4. The zero-order chi connectivity index (χ0) is 28.3. The van der Waals surface area contributed by atoms with Crippen LogP contribution in [0.25, 0.3) is 0 Å². The Balaban J connectivity index is 2.21. The van der Waals surface area contributed by atoms with E-state index in [-0.39, 0.29) is 37.2 Å². The van der Waals surface area contributed by atoms with E-state index in [0.717, 1.165) is 17.5 Å². The van der Waals surface area contributed by atoms with Crippen LogP contribution in [0.1, 0.15) is 58.1 Å². The minimum absolute atomic E-state index is 0.114. The van der Waals surface area contributed by atoms with E-state index in [4.69, 9.17) is 4.74 Å². The summed E-state index contributed by atoms with van der Waals surface area (Å²) in [7, 11) is -1.94. The molecular weight excluding hydrogens is 502 g/mol. The lowest BCUT2D eigenvalue weighted by atomic mass is 10.1. The number of aryl methyl sites for hydroxylation is 1. The molecule has 9 heteroatoms. The van der Waals surface area contributed by atoms with Crippen molar-refractivity contribution in [1.29, 1.82) is 0 Å². The molecule has 0 saturated carbocycles. The van der Waals surface area contributed by atoms with Crippen LogP contribution >= 0.6 is 0 Å². The van der Waals surface area contributed by atoms with Crippen molar-refractivity contribution < 1.29 is 22.7 Å². The van der Waals surface area contributed by atoms with Crippen molar-refractivity contribution in [2.75, 3.05) is 30.8 Å². The lowest BCUT2D eigenvalue weighted by Crippen LogP contribution is -2.49. The van der Waals surface area contributed by atoms with Crippen LogP contribution in [0.5, 0.6) is 5.75 Å².